The first-order valence-electron chi connectivity index (χ1n) is 9.96. The normalized spacial score (nSPS) is 11.0. The molecule has 0 spiro atoms. The van der Waals surface area contributed by atoms with E-state index >= 15 is 0 Å². The van der Waals surface area contributed by atoms with Crippen LogP contribution in [0.3, 0.4) is 0 Å². The molecule has 0 aliphatic rings. The van der Waals surface area contributed by atoms with Crippen LogP contribution in [0.2, 0.25) is 0 Å². The molecule has 0 fully saturated rings. The largest absolute Gasteiger partial charge is 0.493 e. The Hall–Kier alpha value is -3.28. The van der Waals surface area contributed by atoms with E-state index in [1.807, 2.05) is 45.0 Å². The van der Waals surface area contributed by atoms with E-state index in [1.54, 1.807) is 30.2 Å². The minimum atomic E-state index is -0.179. The van der Waals surface area contributed by atoms with E-state index in [0.29, 0.717) is 29.2 Å². The van der Waals surface area contributed by atoms with Crippen molar-refractivity contribution >= 4 is 16.8 Å². The number of benzene rings is 2. The van der Waals surface area contributed by atoms with Gasteiger partial charge in [-0.05, 0) is 54.1 Å². The van der Waals surface area contributed by atoms with Crippen LogP contribution in [0, 0.1) is 12.8 Å². The number of H-pyrrole nitrogens is 1. The fraction of sp³-hybridized carbons (Fsp3) is 0.333. The minimum Gasteiger partial charge on any atom is -0.493 e. The number of rotatable bonds is 7. The maximum Gasteiger partial charge on any atom is 0.254 e. The van der Waals surface area contributed by atoms with Crippen molar-refractivity contribution in [3.8, 4) is 11.5 Å². The van der Waals surface area contributed by atoms with Crippen molar-refractivity contribution < 1.29 is 14.3 Å². The summed E-state index contributed by atoms with van der Waals surface area (Å²) in [6.07, 6.45) is 0. The van der Waals surface area contributed by atoms with Crippen LogP contribution in [0.4, 0.5) is 0 Å². The molecular formula is C24H28N2O4. The summed E-state index contributed by atoms with van der Waals surface area (Å²) >= 11 is 0. The molecule has 1 amide bonds. The van der Waals surface area contributed by atoms with Crippen LogP contribution in [0.25, 0.3) is 10.9 Å². The lowest BCUT2D eigenvalue weighted by Crippen LogP contribution is -2.35. The number of carbonyl (C=O) groups excluding carboxylic acids is 1. The van der Waals surface area contributed by atoms with Crippen LogP contribution in [0.1, 0.15) is 35.3 Å². The second-order valence-electron chi connectivity index (χ2n) is 7.86. The molecule has 0 unspecified atom stereocenters. The summed E-state index contributed by atoms with van der Waals surface area (Å²) in [5.41, 5.74) is 2.74. The maximum atomic E-state index is 13.3. The number of hydrogen-bond acceptors (Lipinski definition) is 4. The fourth-order valence-electron chi connectivity index (χ4n) is 3.50. The van der Waals surface area contributed by atoms with Crippen molar-refractivity contribution in [2.75, 3.05) is 20.8 Å². The molecule has 0 saturated carbocycles. The first-order chi connectivity index (χ1) is 14.3. The molecule has 3 rings (SSSR count). The van der Waals surface area contributed by atoms with Gasteiger partial charge in [-0.1, -0.05) is 26.0 Å². The number of nitrogens with zero attached hydrogens (tertiary/aromatic N) is 1. The number of fused-ring (bicyclic) bond motifs is 1. The van der Waals surface area contributed by atoms with Crippen molar-refractivity contribution in [2.45, 2.75) is 27.3 Å². The van der Waals surface area contributed by atoms with Gasteiger partial charge in [0.1, 0.15) is 0 Å². The molecule has 6 nitrogen and oxygen atoms in total. The quantitative estimate of drug-likeness (QED) is 0.637. The van der Waals surface area contributed by atoms with Crippen LogP contribution >= 0.6 is 0 Å². The second-order valence-corrected chi connectivity index (χ2v) is 7.86. The number of aryl methyl sites for hydroxylation is 1. The van der Waals surface area contributed by atoms with Crippen molar-refractivity contribution in [2.24, 2.45) is 5.92 Å². The average molecular weight is 408 g/mol. The molecule has 1 heterocycles. The molecule has 0 aliphatic carbocycles. The first-order valence-corrected chi connectivity index (χ1v) is 9.96. The average Bonchev–Trinajstić information content (AvgIpc) is 2.72. The van der Waals surface area contributed by atoms with Gasteiger partial charge in [-0.2, -0.15) is 0 Å². The smallest absolute Gasteiger partial charge is 0.254 e. The number of aromatic amines is 1. The second kappa shape index (κ2) is 9.03. The van der Waals surface area contributed by atoms with E-state index in [0.717, 1.165) is 16.5 Å². The molecule has 3 aromatic rings. The Morgan fingerprint density at radius 2 is 1.77 bits per heavy atom. The molecule has 0 radical (unpaired) electrons. The van der Waals surface area contributed by atoms with E-state index in [1.165, 1.54) is 7.11 Å². The zero-order valence-electron chi connectivity index (χ0n) is 18.1. The topological polar surface area (TPSA) is 71.6 Å². The number of nitrogens with one attached hydrogen (secondary N) is 1. The molecular weight excluding hydrogens is 380 g/mol. The number of amides is 1. The lowest BCUT2D eigenvalue weighted by Gasteiger charge is -2.25. The summed E-state index contributed by atoms with van der Waals surface area (Å²) in [4.78, 5) is 30.6. The van der Waals surface area contributed by atoms with Crippen LogP contribution < -0.4 is 15.0 Å². The third kappa shape index (κ3) is 4.64. The van der Waals surface area contributed by atoms with Gasteiger partial charge in [0.2, 0.25) is 0 Å². The Bertz CT molecular complexity index is 1120. The highest BCUT2D eigenvalue weighted by Gasteiger charge is 2.20. The monoisotopic (exact) mass is 408 g/mol. The number of pyridine rings is 1. The minimum absolute atomic E-state index is 0.159. The SMILES string of the molecule is COc1ccc(C(=O)N(Cc2cc3ccc(C)cc3[nH]c2=O)CC(C)C)cc1OC. The van der Waals surface area contributed by atoms with Gasteiger partial charge in [0.15, 0.2) is 11.5 Å². The molecule has 1 aromatic heterocycles. The molecule has 0 atom stereocenters. The molecule has 0 aliphatic heterocycles. The molecule has 0 bridgehead atoms. The van der Waals surface area contributed by atoms with E-state index in [2.05, 4.69) is 4.98 Å². The van der Waals surface area contributed by atoms with Gasteiger partial charge in [0.05, 0.1) is 20.8 Å². The molecule has 158 valence electrons. The van der Waals surface area contributed by atoms with Crippen molar-refractivity contribution in [3.63, 3.8) is 0 Å². The van der Waals surface area contributed by atoms with E-state index in [-0.39, 0.29) is 23.9 Å². The summed E-state index contributed by atoms with van der Waals surface area (Å²) in [7, 11) is 3.09. The standard InChI is InChI=1S/C24H28N2O4/c1-15(2)13-26(24(28)18-8-9-21(29-4)22(12-18)30-5)14-19-11-17-7-6-16(3)10-20(17)25-23(19)27/h6-12,15H,13-14H2,1-5H3,(H,25,27). The third-order valence-corrected chi connectivity index (χ3v) is 4.94. The van der Waals surface area contributed by atoms with Gasteiger partial charge in [0.25, 0.3) is 11.5 Å². The van der Waals surface area contributed by atoms with Gasteiger partial charge in [-0.15, -0.1) is 0 Å². The Morgan fingerprint density at radius 1 is 1.03 bits per heavy atom. The van der Waals surface area contributed by atoms with Gasteiger partial charge >= 0.3 is 0 Å². The van der Waals surface area contributed by atoms with Crippen molar-refractivity contribution in [1.82, 2.24) is 9.88 Å². The van der Waals surface area contributed by atoms with Crippen molar-refractivity contribution in [1.29, 1.82) is 0 Å². The van der Waals surface area contributed by atoms with Crippen LogP contribution in [-0.2, 0) is 6.54 Å². The lowest BCUT2D eigenvalue weighted by molar-refractivity contribution is 0.0721. The highest BCUT2D eigenvalue weighted by molar-refractivity contribution is 5.95. The highest BCUT2D eigenvalue weighted by Crippen LogP contribution is 2.28. The molecule has 30 heavy (non-hydrogen) atoms. The number of methoxy groups -OCH3 is 2. The molecule has 0 saturated heterocycles. The number of carbonyl (C=O) groups is 1. The van der Waals surface area contributed by atoms with Crippen molar-refractivity contribution in [3.05, 3.63) is 69.5 Å². The first kappa shape index (κ1) is 21.4. The highest BCUT2D eigenvalue weighted by atomic mass is 16.5. The Kier molecular flexibility index (Phi) is 6.45. The van der Waals surface area contributed by atoms with Crippen LogP contribution in [-0.4, -0.2) is 36.6 Å². The summed E-state index contributed by atoms with van der Waals surface area (Å²) < 4.78 is 10.6. The van der Waals surface area contributed by atoms with E-state index in [4.69, 9.17) is 9.47 Å². The molecule has 1 N–H and O–H groups in total. The van der Waals surface area contributed by atoms with Gasteiger partial charge < -0.3 is 19.4 Å². The Labute approximate surface area is 176 Å². The third-order valence-electron chi connectivity index (χ3n) is 4.94. The Morgan fingerprint density at radius 3 is 2.43 bits per heavy atom. The lowest BCUT2D eigenvalue weighted by atomic mass is 10.1. The van der Waals surface area contributed by atoms with Gasteiger partial charge in [-0.25, -0.2) is 0 Å². The predicted molar refractivity (Wildman–Crippen MR) is 118 cm³/mol. The van der Waals surface area contributed by atoms with Crippen LogP contribution in [0.15, 0.2) is 47.3 Å². The number of aromatic nitrogens is 1. The summed E-state index contributed by atoms with van der Waals surface area (Å²) in [6, 6.07) is 12.9. The van der Waals surface area contributed by atoms with Gasteiger partial charge in [-0.3, -0.25) is 9.59 Å². The number of ether oxygens (including phenoxy) is 2. The molecule has 6 heteroatoms. The van der Waals surface area contributed by atoms with Gasteiger partial charge in [0, 0.05) is 23.2 Å². The Balaban J connectivity index is 1.96. The summed E-state index contributed by atoms with van der Waals surface area (Å²) in [6.45, 7) is 6.82. The zero-order chi connectivity index (χ0) is 21.8. The van der Waals surface area contributed by atoms with Crippen LogP contribution in [0.5, 0.6) is 11.5 Å². The zero-order valence-corrected chi connectivity index (χ0v) is 18.1. The fourth-order valence-corrected chi connectivity index (χ4v) is 3.50. The van der Waals surface area contributed by atoms with E-state index < -0.39 is 0 Å². The maximum absolute atomic E-state index is 13.3. The van der Waals surface area contributed by atoms with E-state index in [9.17, 15) is 9.59 Å². The summed E-state index contributed by atoms with van der Waals surface area (Å²) in [5.74, 6) is 1.14. The number of hydrogen-bond donors (Lipinski definition) is 1. The summed E-state index contributed by atoms with van der Waals surface area (Å²) in [5, 5.41) is 0.943. The molecule has 2 aromatic carbocycles. The predicted octanol–water partition coefficient (Wildman–Crippen LogP) is 4.15.